The van der Waals surface area contributed by atoms with Gasteiger partial charge in [0.15, 0.2) is 0 Å². The van der Waals surface area contributed by atoms with Crippen molar-refractivity contribution in [1.29, 1.82) is 0 Å². The van der Waals surface area contributed by atoms with E-state index in [9.17, 15) is 0 Å². The minimum absolute atomic E-state index is 0.586. The fraction of sp³-hybridized carbons (Fsp3) is 1.00. The van der Waals surface area contributed by atoms with Gasteiger partial charge in [0.1, 0.15) is 0 Å². The van der Waals surface area contributed by atoms with Crippen molar-refractivity contribution in [1.82, 2.24) is 4.90 Å². The van der Waals surface area contributed by atoms with E-state index in [0.717, 1.165) is 18.6 Å². The molecule has 4 saturated heterocycles. The quantitative estimate of drug-likeness (QED) is 0.610. The second-order valence-electron chi connectivity index (χ2n) is 4.83. The van der Waals surface area contributed by atoms with Crippen LogP contribution in [0.2, 0.25) is 0 Å². The standard InChI is InChI=1S/C11H19NO/c1-2-11(13-7-1)10-8-9-3-5-12(10)6-4-9/h9-11H,1-8H2. The molecule has 0 aliphatic carbocycles. The van der Waals surface area contributed by atoms with Gasteiger partial charge < -0.3 is 4.74 Å². The van der Waals surface area contributed by atoms with Gasteiger partial charge in [-0.05, 0) is 51.1 Å². The molecule has 0 aromatic carbocycles. The minimum Gasteiger partial charge on any atom is -0.377 e. The molecule has 0 N–H and O–H groups in total. The predicted molar refractivity (Wildman–Crippen MR) is 51.7 cm³/mol. The Bertz CT molecular complexity index is 179. The van der Waals surface area contributed by atoms with Crippen LogP contribution in [0.4, 0.5) is 0 Å². The van der Waals surface area contributed by atoms with Gasteiger partial charge in [0.2, 0.25) is 0 Å². The Morgan fingerprint density at radius 2 is 1.92 bits per heavy atom. The van der Waals surface area contributed by atoms with Crippen LogP contribution in [0.3, 0.4) is 0 Å². The first-order valence-electron chi connectivity index (χ1n) is 5.79. The highest BCUT2D eigenvalue weighted by molar-refractivity contribution is 4.93. The smallest absolute Gasteiger partial charge is 0.0731 e. The second kappa shape index (κ2) is 3.25. The molecule has 2 atom stereocenters. The van der Waals surface area contributed by atoms with E-state index in [2.05, 4.69) is 4.90 Å². The molecule has 0 aromatic rings. The molecule has 4 aliphatic rings. The van der Waals surface area contributed by atoms with Gasteiger partial charge in [-0.1, -0.05) is 0 Å². The van der Waals surface area contributed by atoms with Gasteiger partial charge in [-0.3, -0.25) is 4.90 Å². The lowest BCUT2D eigenvalue weighted by atomic mass is 9.81. The van der Waals surface area contributed by atoms with Crippen molar-refractivity contribution in [3.8, 4) is 0 Å². The van der Waals surface area contributed by atoms with Crippen LogP contribution in [0.15, 0.2) is 0 Å². The molecule has 0 radical (unpaired) electrons. The summed E-state index contributed by atoms with van der Waals surface area (Å²) in [7, 11) is 0. The summed E-state index contributed by atoms with van der Waals surface area (Å²) in [6.45, 7) is 3.70. The number of hydrogen-bond acceptors (Lipinski definition) is 2. The van der Waals surface area contributed by atoms with E-state index in [1.165, 1.54) is 45.2 Å². The van der Waals surface area contributed by atoms with Gasteiger partial charge in [-0.15, -0.1) is 0 Å². The number of fused-ring (bicyclic) bond motifs is 3. The fourth-order valence-corrected chi connectivity index (χ4v) is 3.30. The largest absolute Gasteiger partial charge is 0.377 e. The average molecular weight is 181 g/mol. The van der Waals surface area contributed by atoms with Crippen LogP contribution in [0.1, 0.15) is 32.1 Å². The second-order valence-corrected chi connectivity index (χ2v) is 4.83. The lowest BCUT2D eigenvalue weighted by Gasteiger charge is -2.47. The van der Waals surface area contributed by atoms with Crippen LogP contribution >= 0.6 is 0 Å². The Kier molecular flexibility index (Phi) is 2.06. The minimum atomic E-state index is 0.586. The summed E-state index contributed by atoms with van der Waals surface area (Å²) in [5.74, 6) is 1.03. The van der Waals surface area contributed by atoms with Gasteiger partial charge in [-0.25, -0.2) is 0 Å². The SMILES string of the molecule is C1COC(C2CC3CCN2CC3)C1. The van der Waals surface area contributed by atoms with E-state index in [4.69, 9.17) is 4.74 Å². The number of hydrogen-bond donors (Lipinski definition) is 0. The van der Waals surface area contributed by atoms with E-state index < -0.39 is 0 Å². The van der Waals surface area contributed by atoms with Crippen LogP contribution in [-0.2, 0) is 4.74 Å². The number of piperidine rings is 3. The maximum absolute atomic E-state index is 5.80. The van der Waals surface area contributed by atoms with Crippen molar-refractivity contribution in [2.24, 2.45) is 5.92 Å². The number of nitrogens with zero attached hydrogens (tertiary/aromatic N) is 1. The molecule has 4 heterocycles. The molecule has 2 unspecified atom stereocenters. The zero-order chi connectivity index (χ0) is 8.67. The number of rotatable bonds is 1. The Balaban J connectivity index is 1.70. The lowest BCUT2D eigenvalue weighted by molar-refractivity contribution is -0.0364. The van der Waals surface area contributed by atoms with E-state index >= 15 is 0 Å². The van der Waals surface area contributed by atoms with Gasteiger partial charge in [-0.2, -0.15) is 0 Å². The molecular weight excluding hydrogens is 162 g/mol. The first-order chi connectivity index (χ1) is 6.43. The molecule has 0 saturated carbocycles. The van der Waals surface area contributed by atoms with Crippen molar-refractivity contribution in [2.75, 3.05) is 19.7 Å². The molecule has 2 bridgehead atoms. The Hall–Kier alpha value is -0.0800. The zero-order valence-corrected chi connectivity index (χ0v) is 8.24. The van der Waals surface area contributed by atoms with E-state index in [0.29, 0.717) is 6.10 Å². The van der Waals surface area contributed by atoms with Gasteiger partial charge >= 0.3 is 0 Å². The molecule has 4 aliphatic heterocycles. The molecular formula is C11H19NO. The Morgan fingerprint density at radius 1 is 1.08 bits per heavy atom. The molecule has 0 spiro atoms. The third kappa shape index (κ3) is 1.40. The monoisotopic (exact) mass is 181 g/mol. The summed E-state index contributed by atoms with van der Waals surface area (Å²) in [6, 6.07) is 0.787. The fourth-order valence-electron chi connectivity index (χ4n) is 3.30. The van der Waals surface area contributed by atoms with Crippen molar-refractivity contribution in [2.45, 2.75) is 44.2 Å². The molecule has 4 fully saturated rings. The van der Waals surface area contributed by atoms with E-state index in [1.54, 1.807) is 0 Å². The zero-order valence-electron chi connectivity index (χ0n) is 8.24. The maximum atomic E-state index is 5.80. The first kappa shape index (κ1) is 8.25. The first-order valence-corrected chi connectivity index (χ1v) is 5.79. The average Bonchev–Trinajstić information content (AvgIpc) is 2.72. The van der Waals surface area contributed by atoms with Gasteiger partial charge in [0.25, 0.3) is 0 Å². The molecule has 0 aromatic heterocycles. The van der Waals surface area contributed by atoms with Crippen LogP contribution in [-0.4, -0.2) is 36.7 Å². The summed E-state index contributed by atoms with van der Waals surface area (Å²) >= 11 is 0. The van der Waals surface area contributed by atoms with Crippen LogP contribution in [0.25, 0.3) is 0 Å². The molecule has 2 nitrogen and oxygen atoms in total. The van der Waals surface area contributed by atoms with Crippen LogP contribution in [0, 0.1) is 5.92 Å². The Morgan fingerprint density at radius 3 is 2.46 bits per heavy atom. The maximum Gasteiger partial charge on any atom is 0.0731 e. The highest BCUT2D eigenvalue weighted by atomic mass is 16.5. The summed E-state index contributed by atoms with van der Waals surface area (Å²) in [4.78, 5) is 2.68. The topological polar surface area (TPSA) is 12.5 Å². The highest BCUT2D eigenvalue weighted by Crippen LogP contribution is 2.36. The third-order valence-corrected chi connectivity index (χ3v) is 4.09. The van der Waals surface area contributed by atoms with Crippen LogP contribution in [0.5, 0.6) is 0 Å². The summed E-state index contributed by atoms with van der Waals surface area (Å²) in [5.41, 5.74) is 0. The molecule has 13 heavy (non-hydrogen) atoms. The van der Waals surface area contributed by atoms with Crippen LogP contribution < -0.4 is 0 Å². The van der Waals surface area contributed by atoms with Crippen molar-refractivity contribution >= 4 is 0 Å². The van der Waals surface area contributed by atoms with Gasteiger partial charge in [0, 0.05) is 12.6 Å². The van der Waals surface area contributed by atoms with E-state index in [-0.39, 0.29) is 0 Å². The molecule has 4 rings (SSSR count). The van der Waals surface area contributed by atoms with E-state index in [1.807, 2.05) is 0 Å². The number of ether oxygens (including phenoxy) is 1. The lowest BCUT2D eigenvalue weighted by Crippen LogP contribution is -2.53. The highest BCUT2D eigenvalue weighted by Gasteiger charge is 2.39. The molecule has 2 heteroatoms. The molecule has 74 valence electrons. The normalized spacial score (nSPS) is 49.8. The van der Waals surface area contributed by atoms with Crippen molar-refractivity contribution in [3.05, 3.63) is 0 Å². The van der Waals surface area contributed by atoms with Gasteiger partial charge in [0.05, 0.1) is 6.10 Å². The van der Waals surface area contributed by atoms with Crippen molar-refractivity contribution in [3.63, 3.8) is 0 Å². The third-order valence-electron chi connectivity index (χ3n) is 4.09. The summed E-state index contributed by atoms with van der Waals surface area (Å²) < 4.78 is 5.80. The van der Waals surface area contributed by atoms with Crippen molar-refractivity contribution < 1.29 is 4.74 Å². The summed E-state index contributed by atoms with van der Waals surface area (Å²) in [6.07, 6.45) is 7.51. The Labute approximate surface area is 80.2 Å². The summed E-state index contributed by atoms with van der Waals surface area (Å²) in [5, 5.41) is 0. The molecule has 0 amide bonds. The predicted octanol–water partition coefficient (Wildman–Crippen LogP) is 1.65.